The normalized spacial score (nSPS) is 14.5. The summed E-state index contributed by atoms with van der Waals surface area (Å²) in [6.45, 7) is 1.91. The van der Waals surface area contributed by atoms with Crippen LogP contribution in [0, 0.1) is 0 Å². The van der Waals surface area contributed by atoms with Crippen molar-refractivity contribution < 1.29 is 24.0 Å². The van der Waals surface area contributed by atoms with Crippen molar-refractivity contribution in [1.82, 2.24) is 5.48 Å². The summed E-state index contributed by atoms with van der Waals surface area (Å²) >= 11 is 0. The fourth-order valence-electron chi connectivity index (χ4n) is 2.56. The first-order valence-corrected chi connectivity index (χ1v) is 7.55. The topological polar surface area (TPSA) is 81.7 Å². The molecule has 0 unspecified atom stereocenters. The maximum atomic E-state index is 12.8. The standard InChI is InChI=1S/C18H19NO5/c1-4-7-11(18(22)19-24-3)10-14-15(20)12-8-5-6-9-13(12)16(21)17(14)23-2/h5-6,8-10H,4,7H2,1-3H3,(H,19,22)/b11-10+. The van der Waals surface area contributed by atoms with Crippen LogP contribution in [0.15, 0.2) is 47.2 Å². The van der Waals surface area contributed by atoms with Crippen molar-refractivity contribution in [3.05, 3.63) is 58.4 Å². The van der Waals surface area contributed by atoms with E-state index in [0.717, 1.165) is 0 Å². The molecular formula is C18H19NO5. The van der Waals surface area contributed by atoms with Gasteiger partial charge < -0.3 is 4.74 Å². The summed E-state index contributed by atoms with van der Waals surface area (Å²) in [6.07, 6.45) is 2.53. The largest absolute Gasteiger partial charge is 0.492 e. The molecule has 0 bridgehead atoms. The number of hydrogen-bond donors (Lipinski definition) is 1. The molecule has 1 aromatic rings. The molecule has 1 aliphatic rings. The van der Waals surface area contributed by atoms with Crippen molar-refractivity contribution in [2.24, 2.45) is 0 Å². The summed E-state index contributed by atoms with van der Waals surface area (Å²) in [6, 6.07) is 6.55. The minimum Gasteiger partial charge on any atom is -0.492 e. The number of ketones is 2. The zero-order valence-corrected chi connectivity index (χ0v) is 13.8. The second-order valence-corrected chi connectivity index (χ2v) is 5.21. The van der Waals surface area contributed by atoms with E-state index in [1.54, 1.807) is 24.3 Å². The summed E-state index contributed by atoms with van der Waals surface area (Å²) in [5, 5.41) is 0. The number of benzene rings is 1. The van der Waals surface area contributed by atoms with Crippen molar-refractivity contribution in [3.8, 4) is 0 Å². The van der Waals surface area contributed by atoms with Crippen LogP contribution in [-0.2, 0) is 14.4 Å². The second kappa shape index (κ2) is 7.70. The van der Waals surface area contributed by atoms with E-state index in [2.05, 4.69) is 10.3 Å². The van der Waals surface area contributed by atoms with Crippen molar-refractivity contribution in [3.63, 3.8) is 0 Å². The molecule has 0 heterocycles. The average Bonchev–Trinajstić information content (AvgIpc) is 2.59. The van der Waals surface area contributed by atoms with E-state index >= 15 is 0 Å². The maximum Gasteiger partial charge on any atom is 0.270 e. The number of Topliss-reactive ketones (excluding diaryl/α,β-unsaturated/α-hetero) is 2. The zero-order valence-electron chi connectivity index (χ0n) is 13.8. The van der Waals surface area contributed by atoms with Crippen LogP contribution in [0.1, 0.15) is 40.5 Å². The molecule has 1 N–H and O–H groups in total. The average molecular weight is 329 g/mol. The van der Waals surface area contributed by atoms with Gasteiger partial charge in [-0.25, -0.2) is 5.48 Å². The number of rotatable bonds is 6. The first-order valence-electron chi connectivity index (χ1n) is 7.55. The molecule has 0 saturated heterocycles. The van der Waals surface area contributed by atoms with Crippen LogP contribution in [0.5, 0.6) is 0 Å². The monoisotopic (exact) mass is 329 g/mol. The van der Waals surface area contributed by atoms with Gasteiger partial charge in [-0.1, -0.05) is 37.6 Å². The minimum atomic E-state index is -0.457. The third-order valence-electron chi connectivity index (χ3n) is 3.64. The fourth-order valence-corrected chi connectivity index (χ4v) is 2.56. The molecule has 0 fully saturated rings. The highest BCUT2D eigenvalue weighted by Gasteiger charge is 2.32. The van der Waals surface area contributed by atoms with Gasteiger partial charge >= 0.3 is 0 Å². The predicted octanol–water partition coefficient (Wildman–Crippen LogP) is 2.37. The lowest BCUT2D eigenvalue weighted by Crippen LogP contribution is -2.26. The fraction of sp³-hybridized carbons (Fsp3) is 0.278. The van der Waals surface area contributed by atoms with Crippen molar-refractivity contribution >= 4 is 17.5 Å². The Labute approximate surface area is 140 Å². The Morgan fingerprint density at radius 3 is 2.29 bits per heavy atom. The Kier molecular flexibility index (Phi) is 5.65. The van der Waals surface area contributed by atoms with Gasteiger partial charge in [0.2, 0.25) is 5.78 Å². The quantitative estimate of drug-likeness (QED) is 0.640. The Bertz CT molecular complexity index is 746. The highest BCUT2D eigenvalue weighted by atomic mass is 16.6. The lowest BCUT2D eigenvalue weighted by molar-refractivity contribution is -0.127. The van der Waals surface area contributed by atoms with Gasteiger partial charge in [0.25, 0.3) is 5.91 Å². The summed E-state index contributed by atoms with van der Waals surface area (Å²) in [5.74, 6) is -1.23. The van der Waals surface area contributed by atoms with Crippen LogP contribution < -0.4 is 5.48 Å². The molecule has 0 radical (unpaired) electrons. The van der Waals surface area contributed by atoms with Gasteiger partial charge in [-0.3, -0.25) is 19.2 Å². The molecule has 0 spiro atoms. The van der Waals surface area contributed by atoms with Crippen molar-refractivity contribution in [2.45, 2.75) is 19.8 Å². The number of allylic oxidation sites excluding steroid dienone is 3. The molecule has 0 saturated carbocycles. The van der Waals surface area contributed by atoms with Gasteiger partial charge in [0.1, 0.15) is 0 Å². The zero-order chi connectivity index (χ0) is 17.7. The number of amides is 1. The Morgan fingerprint density at radius 1 is 1.12 bits per heavy atom. The highest BCUT2D eigenvalue weighted by Crippen LogP contribution is 2.28. The molecule has 1 aliphatic carbocycles. The molecule has 0 atom stereocenters. The Morgan fingerprint density at radius 2 is 1.75 bits per heavy atom. The van der Waals surface area contributed by atoms with E-state index in [1.165, 1.54) is 20.3 Å². The Hall–Kier alpha value is -2.73. The number of fused-ring (bicyclic) bond motifs is 1. The summed E-state index contributed by atoms with van der Waals surface area (Å²) in [4.78, 5) is 42.0. The molecule has 6 nitrogen and oxygen atoms in total. The number of hydroxylamine groups is 1. The summed E-state index contributed by atoms with van der Waals surface area (Å²) in [7, 11) is 2.66. The van der Waals surface area contributed by atoms with Gasteiger partial charge in [-0.2, -0.15) is 0 Å². The van der Waals surface area contributed by atoms with Gasteiger partial charge in [-0.05, 0) is 12.5 Å². The highest BCUT2D eigenvalue weighted by molar-refractivity contribution is 6.27. The van der Waals surface area contributed by atoms with Crippen molar-refractivity contribution in [2.75, 3.05) is 14.2 Å². The molecule has 1 aromatic carbocycles. The number of hydrogen-bond acceptors (Lipinski definition) is 5. The lowest BCUT2D eigenvalue weighted by Gasteiger charge is -2.18. The van der Waals surface area contributed by atoms with E-state index in [1.807, 2.05) is 6.92 Å². The summed E-state index contributed by atoms with van der Waals surface area (Å²) < 4.78 is 5.16. The number of nitrogens with one attached hydrogen (secondary N) is 1. The lowest BCUT2D eigenvalue weighted by atomic mass is 9.87. The van der Waals surface area contributed by atoms with E-state index in [9.17, 15) is 14.4 Å². The van der Waals surface area contributed by atoms with E-state index in [4.69, 9.17) is 4.74 Å². The van der Waals surface area contributed by atoms with Crippen LogP contribution in [0.2, 0.25) is 0 Å². The number of carbonyl (C=O) groups excluding carboxylic acids is 3. The molecule has 0 aromatic heterocycles. The van der Waals surface area contributed by atoms with E-state index in [0.29, 0.717) is 29.5 Å². The van der Waals surface area contributed by atoms with Crippen LogP contribution >= 0.6 is 0 Å². The van der Waals surface area contributed by atoms with Gasteiger partial charge in [0.15, 0.2) is 11.5 Å². The molecule has 24 heavy (non-hydrogen) atoms. The first kappa shape index (κ1) is 17.6. The number of methoxy groups -OCH3 is 1. The molecule has 2 rings (SSSR count). The van der Waals surface area contributed by atoms with Gasteiger partial charge in [-0.15, -0.1) is 0 Å². The van der Waals surface area contributed by atoms with E-state index < -0.39 is 5.91 Å². The molecule has 1 amide bonds. The third-order valence-corrected chi connectivity index (χ3v) is 3.64. The number of ether oxygens (including phenoxy) is 1. The van der Waals surface area contributed by atoms with Gasteiger partial charge in [0, 0.05) is 16.7 Å². The van der Waals surface area contributed by atoms with E-state index in [-0.39, 0.29) is 22.9 Å². The van der Waals surface area contributed by atoms with Gasteiger partial charge in [0.05, 0.1) is 19.8 Å². The summed E-state index contributed by atoms with van der Waals surface area (Å²) in [5.41, 5.74) is 3.25. The minimum absolute atomic E-state index is 0.0579. The number of carbonyl (C=O) groups is 3. The smallest absolute Gasteiger partial charge is 0.270 e. The Balaban J connectivity index is 2.57. The molecule has 6 heteroatoms. The van der Waals surface area contributed by atoms with Crippen LogP contribution in [0.25, 0.3) is 0 Å². The SMILES string of the molecule is CCC/C(=C\C1=C(OC)C(=O)c2ccccc2C1=O)C(=O)NOC. The van der Waals surface area contributed by atoms with Crippen LogP contribution in [-0.4, -0.2) is 31.7 Å². The molecule has 126 valence electrons. The van der Waals surface area contributed by atoms with Crippen LogP contribution in [0.3, 0.4) is 0 Å². The first-order chi connectivity index (χ1) is 11.5. The van der Waals surface area contributed by atoms with Crippen molar-refractivity contribution in [1.29, 1.82) is 0 Å². The third kappa shape index (κ3) is 3.28. The molecule has 0 aliphatic heterocycles. The molecular weight excluding hydrogens is 310 g/mol. The predicted molar refractivity (Wildman–Crippen MR) is 87.3 cm³/mol. The second-order valence-electron chi connectivity index (χ2n) is 5.21. The maximum absolute atomic E-state index is 12.8. The van der Waals surface area contributed by atoms with Crippen LogP contribution in [0.4, 0.5) is 0 Å².